The van der Waals surface area contributed by atoms with Crippen molar-refractivity contribution in [2.45, 2.75) is 113 Å². The number of amides is 6. The van der Waals surface area contributed by atoms with Gasteiger partial charge in [-0.2, -0.15) is 0 Å². The van der Waals surface area contributed by atoms with Crippen molar-refractivity contribution < 1.29 is 28.8 Å². The van der Waals surface area contributed by atoms with Crippen LogP contribution in [0.15, 0.2) is 65.8 Å². The summed E-state index contributed by atoms with van der Waals surface area (Å²) in [6.45, 7) is -0.240. The zero-order valence-corrected chi connectivity index (χ0v) is 34.0. The van der Waals surface area contributed by atoms with E-state index in [0.717, 1.165) is 59.0 Å². The van der Waals surface area contributed by atoms with Crippen LogP contribution in [0.2, 0.25) is 0 Å². The third kappa shape index (κ3) is 10.7. The average Bonchev–Trinajstić information content (AvgIpc) is 3.91. The van der Waals surface area contributed by atoms with E-state index >= 15 is 4.79 Å². The fraction of sp³-hybridized carbons (Fsp3) is 0.512. The SMILES string of the molecule is NC[C@H]1C(=O)N2CCC[C@H]2C(=O)N[C@H](CC2CCCCC2)C(=O)N[C@@H](Cc2c[nH]c3ccccc23)C(=O)N[C@H](CCCN=C(N)N)C(=O)N1C(=O)[C@@H](N)Cc1ccccc1. The molecule has 17 nitrogen and oxygen atoms in total. The molecular formula is C43H59N11O6. The topological polar surface area (TPSA) is 277 Å². The predicted molar refractivity (Wildman–Crippen MR) is 226 cm³/mol. The van der Waals surface area contributed by atoms with Crippen molar-refractivity contribution in [2.24, 2.45) is 33.8 Å². The molecular weight excluding hydrogens is 767 g/mol. The largest absolute Gasteiger partial charge is 0.370 e. The van der Waals surface area contributed by atoms with E-state index < -0.39 is 78.2 Å². The first kappa shape index (κ1) is 43.8. The number of carbonyl (C=O) groups is 6. The standard InChI is InChI=1S/C43H59N11O6/c44-24-36-42(60)53-20-10-18-35(53)39(57)52-33(22-27-13-5-2-6-14-27)37(55)51-34(23-28-25-49-31-16-8-7-15-29(28)31)38(56)50-32(17-9-19-48-43(46)47)41(59)54(36)40(58)30(45)21-26-11-3-1-4-12-26/h1,3-4,7-8,11-12,15-16,25,27,30,32-36,49H,2,5-6,9-10,13-14,17-24,44-45H2,(H,50,56)(H,51,55)(H,52,57)(H4,46,47,48)/t30-,32+,33+,34-,35-,36-/m0/s1. The molecule has 6 rings (SSSR count). The number of benzene rings is 2. The second-order valence-electron chi connectivity index (χ2n) is 16.2. The molecule has 322 valence electrons. The lowest BCUT2D eigenvalue weighted by molar-refractivity contribution is -0.158. The summed E-state index contributed by atoms with van der Waals surface area (Å²) in [4.78, 5) is 97.0. The van der Waals surface area contributed by atoms with Crippen molar-refractivity contribution in [2.75, 3.05) is 19.6 Å². The monoisotopic (exact) mass is 825 g/mol. The zero-order valence-electron chi connectivity index (χ0n) is 34.0. The number of aromatic nitrogens is 1. The van der Waals surface area contributed by atoms with E-state index in [1.165, 1.54) is 4.90 Å². The lowest BCUT2D eigenvalue weighted by Crippen LogP contribution is -2.64. The molecule has 6 atom stereocenters. The number of guanidine groups is 1. The van der Waals surface area contributed by atoms with Gasteiger partial charge in [-0.25, -0.2) is 0 Å². The molecule has 3 fully saturated rings. The van der Waals surface area contributed by atoms with E-state index in [1.54, 1.807) is 30.5 Å². The molecule has 17 heteroatoms. The maximum Gasteiger partial charge on any atom is 0.252 e. The van der Waals surface area contributed by atoms with Crippen LogP contribution in [0.25, 0.3) is 10.9 Å². The first-order valence-corrected chi connectivity index (χ1v) is 21.1. The van der Waals surface area contributed by atoms with Crippen molar-refractivity contribution in [3.63, 3.8) is 0 Å². The molecule has 2 aromatic carbocycles. The minimum absolute atomic E-state index is 0.0193. The molecule has 2 aliphatic heterocycles. The molecule has 12 N–H and O–H groups in total. The number of rotatable bonds is 12. The van der Waals surface area contributed by atoms with Gasteiger partial charge in [0.1, 0.15) is 30.2 Å². The van der Waals surface area contributed by atoms with Gasteiger partial charge in [-0.05, 0) is 61.6 Å². The van der Waals surface area contributed by atoms with Crippen LogP contribution in [0.1, 0.15) is 75.3 Å². The highest BCUT2D eigenvalue weighted by molar-refractivity contribution is 6.06. The Morgan fingerprint density at radius 1 is 0.800 bits per heavy atom. The fourth-order valence-corrected chi connectivity index (χ4v) is 8.82. The number of carbonyl (C=O) groups excluding carboxylic acids is 6. The van der Waals surface area contributed by atoms with Crippen molar-refractivity contribution in [3.05, 3.63) is 71.9 Å². The van der Waals surface area contributed by atoms with Crippen molar-refractivity contribution >= 4 is 52.3 Å². The van der Waals surface area contributed by atoms with Crippen molar-refractivity contribution in [1.29, 1.82) is 0 Å². The molecule has 0 unspecified atom stereocenters. The number of aromatic amines is 1. The van der Waals surface area contributed by atoms with Crippen LogP contribution in [-0.4, -0.2) is 112 Å². The van der Waals surface area contributed by atoms with Gasteiger partial charge in [-0.1, -0.05) is 80.6 Å². The predicted octanol–water partition coefficient (Wildman–Crippen LogP) is 0.446. The van der Waals surface area contributed by atoms with Crippen LogP contribution in [0.3, 0.4) is 0 Å². The smallest absolute Gasteiger partial charge is 0.252 e. The summed E-state index contributed by atoms with van der Waals surface area (Å²) in [5, 5.41) is 9.56. The molecule has 60 heavy (non-hydrogen) atoms. The quantitative estimate of drug-likeness (QED) is 0.0709. The Bertz CT molecular complexity index is 2030. The van der Waals surface area contributed by atoms with Gasteiger partial charge in [0.2, 0.25) is 29.5 Å². The number of aliphatic imine (C=N–C) groups is 1. The van der Waals surface area contributed by atoms with Crippen LogP contribution in [0.5, 0.6) is 0 Å². The Morgan fingerprint density at radius 3 is 2.22 bits per heavy atom. The van der Waals surface area contributed by atoms with Crippen LogP contribution < -0.4 is 38.9 Å². The van der Waals surface area contributed by atoms with E-state index in [2.05, 4.69) is 25.9 Å². The number of nitrogens with two attached hydrogens (primary N) is 4. The molecule has 3 aromatic rings. The van der Waals surface area contributed by atoms with Crippen molar-refractivity contribution in [3.8, 4) is 0 Å². The lowest BCUT2D eigenvalue weighted by Gasteiger charge is -2.36. The van der Waals surface area contributed by atoms with Gasteiger partial charge in [-0.3, -0.25) is 38.7 Å². The Morgan fingerprint density at radius 2 is 1.48 bits per heavy atom. The molecule has 1 aromatic heterocycles. The lowest BCUT2D eigenvalue weighted by atomic mass is 9.84. The highest BCUT2D eigenvalue weighted by atomic mass is 16.2. The number of hydrogen-bond donors (Lipinski definition) is 8. The average molecular weight is 826 g/mol. The van der Waals surface area contributed by atoms with Gasteiger partial charge in [0.15, 0.2) is 5.96 Å². The minimum Gasteiger partial charge on any atom is -0.370 e. The summed E-state index contributed by atoms with van der Waals surface area (Å²) in [5.41, 5.74) is 26.3. The van der Waals surface area contributed by atoms with E-state index in [-0.39, 0.29) is 50.7 Å². The van der Waals surface area contributed by atoms with E-state index in [1.807, 2.05) is 30.3 Å². The summed E-state index contributed by atoms with van der Waals surface area (Å²) in [5.74, 6) is -4.34. The molecule has 0 spiro atoms. The van der Waals surface area contributed by atoms with Gasteiger partial charge in [0, 0.05) is 43.2 Å². The summed E-state index contributed by atoms with van der Waals surface area (Å²) in [6, 6.07) is 8.99. The number of hydrogen-bond acceptors (Lipinski definition) is 9. The van der Waals surface area contributed by atoms with Gasteiger partial charge < -0.3 is 48.8 Å². The maximum absolute atomic E-state index is 15.0. The molecule has 1 aliphatic carbocycles. The second-order valence-corrected chi connectivity index (χ2v) is 16.2. The molecule has 2 saturated heterocycles. The Kier molecular flexibility index (Phi) is 14.9. The highest BCUT2D eigenvalue weighted by Gasteiger charge is 2.46. The summed E-state index contributed by atoms with van der Waals surface area (Å²) in [6.07, 6.45) is 7.94. The van der Waals surface area contributed by atoms with Gasteiger partial charge >= 0.3 is 0 Å². The fourth-order valence-electron chi connectivity index (χ4n) is 8.82. The zero-order chi connectivity index (χ0) is 42.8. The molecule has 6 amide bonds. The molecule has 1 saturated carbocycles. The van der Waals surface area contributed by atoms with Gasteiger partial charge in [0.05, 0.1) is 6.04 Å². The second kappa shape index (κ2) is 20.4. The number of fused-ring (bicyclic) bond motifs is 2. The summed E-state index contributed by atoms with van der Waals surface area (Å²) in [7, 11) is 0. The maximum atomic E-state index is 15.0. The molecule has 3 heterocycles. The number of para-hydroxylation sites is 1. The first-order chi connectivity index (χ1) is 28.9. The van der Waals surface area contributed by atoms with E-state index in [9.17, 15) is 24.0 Å². The molecule has 3 aliphatic rings. The van der Waals surface area contributed by atoms with E-state index in [4.69, 9.17) is 22.9 Å². The summed E-state index contributed by atoms with van der Waals surface area (Å²) < 4.78 is 0. The number of H-pyrrole nitrogens is 1. The molecule has 0 bridgehead atoms. The van der Waals surface area contributed by atoms with Crippen LogP contribution in [-0.2, 0) is 41.6 Å². The first-order valence-electron chi connectivity index (χ1n) is 21.1. The van der Waals surface area contributed by atoms with E-state index in [0.29, 0.717) is 19.3 Å². The Labute approximate surface area is 349 Å². The number of imide groups is 1. The Hall–Kier alpha value is -5.81. The Balaban J connectivity index is 1.43. The van der Waals surface area contributed by atoms with Crippen LogP contribution in [0.4, 0.5) is 0 Å². The number of nitrogens with zero attached hydrogens (tertiary/aromatic N) is 3. The molecule has 0 radical (unpaired) electrons. The van der Waals surface area contributed by atoms with Crippen LogP contribution in [0, 0.1) is 5.92 Å². The van der Waals surface area contributed by atoms with Crippen molar-refractivity contribution in [1.82, 2.24) is 30.7 Å². The normalized spacial score (nSPS) is 24.2. The summed E-state index contributed by atoms with van der Waals surface area (Å²) >= 11 is 0. The van der Waals surface area contributed by atoms with Gasteiger partial charge in [0.25, 0.3) is 5.91 Å². The van der Waals surface area contributed by atoms with Gasteiger partial charge in [-0.15, -0.1) is 0 Å². The van der Waals surface area contributed by atoms with Crippen LogP contribution >= 0.6 is 0 Å². The minimum atomic E-state index is -1.57. The third-order valence-electron chi connectivity index (χ3n) is 12.0. The third-order valence-corrected chi connectivity index (χ3v) is 12.0. The number of nitrogens with one attached hydrogen (secondary N) is 4. The highest BCUT2D eigenvalue weighted by Crippen LogP contribution is 2.29.